The Balaban J connectivity index is 1.91. The molecule has 20 heavy (non-hydrogen) atoms. The fourth-order valence-corrected chi connectivity index (χ4v) is 1.75. The van der Waals surface area contributed by atoms with E-state index in [0.29, 0.717) is 18.7 Å². The van der Waals surface area contributed by atoms with E-state index in [2.05, 4.69) is 10.3 Å². The van der Waals surface area contributed by atoms with Gasteiger partial charge in [0.25, 0.3) is 0 Å². The lowest BCUT2D eigenvalue weighted by atomic mass is 10.2. The average Bonchev–Trinajstić information content (AvgIpc) is 2.88. The van der Waals surface area contributed by atoms with Gasteiger partial charge in [0.1, 0.15) is 0 Å². The van der Waals surface area contributed by atoms with Crippen LogP contribution in [-0.2, 0) is 18.3 Å². The van der Waals surface area contributed by atoms with Crippen LogP contribution in [0, 0.1) is 0 Å². The first kappa shape index (κ1) is 14.1. The van der Waals surface area contributed by atoms with Crippen molar-refractivity contribution >= 4 is 11.7 Å². The number of aromatic nitrogens is 2. The van der Waals surface area contributed by atoms with Crippen molar-refractivity contribution in [2.75, 3.05) is 11.9 Å². The van der Waals surface area contributed by atoms with Crippen molar-refractivity contribution in [1.82, 2.24) is 9.55 Å². The van der Waals surface area contributed by atoms with E-state index in [1.165, 1.54) is 0 Å². The van der Waals surface area contributed by atoms with Gasteiger partial charge in [-0.1, -0.05) is 6.92 Å². The zero-order valence-electron chi connectivity index (χ0n) is 11.8. The molecule has 1 N–H and O–H groups in total. The summed E-state index contributed by atoms with van der Waals surface area (Å²) in [5, 5.41) is 3.28. The Kier molecular flexibility index (Phi) is 4.76. The van der Waals surface area contributed by atoms with Gasteiger partial charge in [-0.2, -0.15) is 0 Å². The number of carbonyl (C=O) groups is 1. The molecule has 1 aromatic carbocycles. The summed E-state index contributed by atoms with van der Waals surface area (Å²) in [5.74, 6) is -0.273. The molecule has 1 aromatic heterocycles. The lowest BCUT2D eigenvalue weighted by Crippen LogP contribution is -2.07. The number of benzene rings is 1. The standard InChI is InChI=1S/C15H19N3O2/c1-3-8-20-15(19)12-4-6-13(7-5-12)17-10-14-9-16-11-18(14)2/h4-7,9,11,17H,3,8,10H2,1-2H3. The van der Waals surface area contributed by atoms with Gasteiger partial charge in [0.2, 0.25) is 0 Å². The van der Waals surface area contributed by atoms with Crippen LogP contribution in [0.1, 0.15) is 29.4 Å². The summed E-state index contributed by atoms with van der Waals surface area (Å²) in [4.78, 5) is 15.7. The second kappa shape index (κ2) is 6.75. The maximum Gasteiger partial charge on any atom is 0.338 e. The Morgan fingerprint density at radius 2 is 2.10 bits per heavy atom. The number of hydrogen-bond donors (Lipinski definition) is 1. The average molecular weight is 273 g/mol. The van der Waals surface area contributed by atoms with E-state index >= 15 is 0 Å². The third-order valence-corrected chi connectivity index (χ3v) is 2.95. The van der Waals surface area contributed by atoms with Gasteiger partial charge in [-0.15, -0.1) is 0 Å². The molecule has 106 valence electrons. The predicted molar refractivity (Wildman–Crippen MR) is 77.6 cm³/mol. The summed E-state index contributed by atoms with van der Waals surface area (Å²) >= 11 is 0. The van der Waals surface area contributed by atoms with Gasteiger partial charge in [0.05, 0.1) is 30.7 Å². The highest BCUT2D eigenvalue weighted by Crippen LogP contribution is 2.12. The van der Waals surface area contributed by atoms with E-state index in [-0.39, 0.29) is 5.97 Å². The van der Waals surface area contributed by atoms with Crippen molar-refractivity contribution in [3.63, 3.8) is 0 Å². The SMILES string of the molecule is CCCOC(=O)c1ccc(NCc2cncn2C)cc1. The molecule has 0 amide bonds. The van der Waals surface area contributed by atoms with Gasteiger partial charge >= 0.3 is 5.97 Å². The Morgan fingerprint density at radius 3 is 2.70 bits per heavy atom. The molecule has 0 atom stereocenters. The van der Waals surface area contributed by atoms with Crippen molar-refractivity contribution < 1.29 is 9.53 Å². The van der Waals surface area contributed by atoms with Crippen molar-refractivity contribution in [2.45, 2.75) is 19.9 Å². The van der Waals surface area contributed by atoms with Crippen LogP contribution in [-0.4, -0.2) is 22.1 Å². The Labute approximate surface area is 118 Å². The molecule has 0 aliphatic rings. The molecule has 0 saturated heterocycles. The third-order valence-electron chi connectivity index (χ3n) is 2.95. The summed E-state index contributed by atoms with van der Waals surface area (Å²) in [6.45, 7) is 3.12. The molecule has 2 rings (SSSR count). The second-order valence-electron chi connectivity index (χ2n) is 4.56. The molecule has 0 radical (unpaired) electrons. The Hall–Kier alpha value is -2.30. The molecular formula is C15H19N3O2. The van der Waals surface area contributed by atoms with Gasteiger partial charge in [0, 0.05) is 18.9 Å². The minimum Gasteiger partial charge on any atom is -0.462 e. The molecule has 0 saturated carbocycles. The van der Waals surface area contributed by atoms with Crippen molar-refractivity contribution in [3.05, 3.63) is 48.0 Å². The van der Waals surface area contributed by atoms with Crippen molar-refractivity contribution in [2.24, 2.45) is 7.05 Å². The first-order chi connectivity index (χ1) is 9.70. The van der Waals surface area contributed by atoms with Crippen molar-refractivity contribution in [3.8, 4) is 0 Å². The van der Waals surface area contributed by atoms with E-state index in [9.17, 15) is 4.79 Å². The molecule has 0 aliphatic carbocycles. The summed E-state index contributed by atoms with van der Waals surface area (Å²) in [6.07, 6.45) is 4.42. The van der Waals surface area contributed by atoms with E-state index in [4.69, 9.17) is 4.74 Å². The lowest BCUT2D eigenvalue weighted by molar-refractivity contribution is 0.0505. The van der Waals surface area contributed by atoms with Crippen LogP contribution in [0.5, 0.6) is 0 Å². The van der Waals surface area contributed by atoms with Gasteiger partial charge < -0.3 is 14.6 Å². The number of esters is 1. The van der Waals surface area contributed by atoms with Gasteiger partial charge in [-0.3, -0.25) is 0 Å². The largest absolute Gasteiger partial charge is 0.462 e. The smallest absolute Gasteiger partial charge is 0.338 e. The van der Waals surface area contributed by atoms with Gasteiger partial charge in [-0.05, 0) is 30.7 Å². The highest BCUT2D eigenvalue weighted by molar-refractivity contribution is 5.89. The summed E-state index contributed by atoms with van der Waals surface area (Å²) < 4.78 is 7.04. The zero-order valence-corrected chi connectivity index (χ0v) is 11.8. The van der Waals surface area contributed by atoms with E-state index in [0.717, 1.165) is 17.8 Å². The maximum atomic E-state index is 11.6. The molecular weight excluding hydrogens is 254 g/mol. The summed E-state index contributed by atoms with van der Waals surface area (Å²) in [6, 6.07) is 7.28. The number of nitrogens with zero attached hydrogens (tertiary/aromatic N) is 2. The number of carbonyl (C=O) groups excluding carboxylic acids is 1. The Morgan fingerprint density at radius 1 is 1.35 bits per heavy atom. The number of rotatable bonds is 6. The number of anilines is 1. The first-order valence-corrected chi connectivity index (χ1v) is 6.67. The van der Waals surface area contributed by atoms with Crippen LogP contribution in [0.2, 0.25) is 0 Å². The number of nitrogens with one attached hydrogen (secondary N) is 1. The normalized spacial score (nSPS) is 10.3. The third kappa shape index (κ3) is 3.60. The fraction of sp³-hybridized carbons (Fsp3) is 0.333. The quantitative estimate of drug-likeness (QED) is 0.822. The summed E-state index contributed by atoms with van der Waals surface area (Å²) in [5.41, 5.74) is 2.62. The van der Waals surface area contributed by atoms with Crippen LogP contribution in [0.25, 0.3) is 0 Å². The highest BCUT2D eigenvalue weighted by Gasteiger charge is 2.06. The monoisotopic (exact) mass is 273 g/mol. The van der Waals surface area contributed by atoms with Crippen LogP contribution < -0.4 is 5.32 Å². The number of ether oxygens (including phenoxy) is 1. The second-order valence-corrected chi connectivity index (χ2v) is 4.56. The van der Waals surface area contributed by atoms with Crippen LogP contribution in [0.4, 0.5) is 5.69 Å². The Bertz CT molecular complexity index is 561. The molecule has 0 fully saturated rings. The molecule has 1 heterocycles. The number of hydrogen-bond acceptors (Lipinski definition) is 4. The maximum absolute atomic E-state index is 11.6. The predicted octanol–water partition coefficient (Wildman–Crippen LogP) is 2.60. The number of imidazole rings is 1. The number of aryl methyl sites for hydroxylation is 1. The van der Waals surface area contributed by atoms with E-state index < -0.39 is 0 Å². The van der Waals surface area contributed by atoms with E-state index in [1.54, 1.807) is 18.5 Å². The van der Waals surface area contributed by atoms with Gasteiger partial charge in [0.15, 0.2) is 0 Å². The first-order valence-electron chi connectivity index (χ1n) is 6.67. The van der Waals surface area contributed by atoms with E-state index in [1.807, 2.05) is 36.9 Å². The van der Waals surface area contributed by atoms with Crippen LogP contribution in [0.3, 0.4) is 0 Å². The molecule has 0 bridgehead atoms. The minimum atomic E-state index is -0.273. The molecule has 0 unspecified atom stereocenters. The fourth-order valence-electron chi connectivity index (χ4n) is 1.75. The highest BCUT2D eigenvalue weighted by atomic mass is 16.5. The summed E-state index contributed by atoms with van der Waals surface area (Å²) in [7, 11) is 1.96. The van der Waals surface area contributed by atoms with Crippen molar-refractivity contribution in [1.29, 1.82) is 0 Å². The molecule has 0 aliphatic heterocycles. The molecule has 2 aromatic rings. The molecule has 5 heteroatoms. The van der Waals surface area contributed by atoms with Gasteiger partial charge in [-0.25, -0.2) is 9.78 Å². The lowest BCUT2D eigenvalue weighted by Gasteiger charge is -2.08. The molecule has 0 spiro atoms. The zero-order chi connectivity index (χ0) is 14.4. The van der Waals surface area contributed by atoms with Crippen LogP contribution >= 0.6 is 0 Å². The van der Waals surface area contributed by atoms with Crippen LogP contribution in [0.15, 0.2) is 36.8 Å². The molecule has 5 nitrogen and oxygen atoms in total. The minimum absolute atomic E-state index is 0.273. The topological polar surface area (TPSA) is 56.1 Å².